The zero-order valence-corrected chi connectivity index (χ0v) is 11.7. The molecule has 96 valence electrons. The average Bonchev–Trinajstić information content (AvgIpc) is 2.65. The Morgan fingerprint density at radius 2 is 2.29 bits per heavy atom. The summed E-state index contributed by atoms with van der Waals surface area (Å²) >= 11 is 1.82. The second-order valence-electron chi connectivity index (χ2n) is 4.92. The summed E-state index contributed by atoms with van der Waals surface area (Å²) in [6.45, 7) is 10.1. The molecule has 0 aliphatic carbocycles. The van der Waals surface area contributed by atoms with Gasteiger partial charge in [-0.15, -0.1) is 11.3 Å². The molecule has 0 radical (unpaired) electrons. The van der Waals surface area contributed by atoms with Crippen LogP contribution in [0.1, 0.15) is 29.2 Å². The van der Waals surface area contributed by atoms with Gasteiger partial charge in [-0.2, -0.15) is 0 Å². The Labute approximate surface area is 108 Å². The van der Waals surface area contributed by atoms with Gasteiger partial charge in [0.05, 0.1) is 12.7 Å². The van der Waals surface area contributed by atoms with Crippen molar-refractivity contribution in [1.82, 2.24) is 4.90 Å². The van der Waals surface area contributed by atoms with Gasteiger partial charge in [-0.05, 0) is 32.4 Å². The van der Waals surface area contributed by atoms with E-state index in [1.165, 1.54) is 15.3 Å². The predicted octanol–water partition coefficient (Wildman–Crippen LogP) is 2.12. The number of hydrogen-bond acceptors (Lipinski definition) is 4. The highest BCUT2D eigenvalue weighted by Gasteiger charge is 2.24. The second kappa shape index (κ2) is 5.48. The summed E-state index contributed by atoms with van der Waals surface area (Å²) in [4.78, 5) is 5.19. The highest BCUT2D eigenvalue weighted by Crippen LogP contribution is 2.24. The van der Waals surface area contributed by atoms with E-state index >= 15 is 0 Å². The molecule has 1 saturated heterocycles. The van der Waals surface area contributed by atoms with Crippen LogP contribution < -0.4 is 5.73 Å². The molecule has 3 nitrogen and oxygen atoms in total. The summed E-state index contributed by atoms with van der Waals surface area (Å²) in [5, 5.41) is 0. The van der Waals surface area contributed by atoms with Crippen molar-refractivity contribution in [2.24, 2.45) is 5.73 Å². The lowest BCUT2D eigenvalue weighted by molar-refractivity contribution is -0.0526. The van der Waals surface area contributed by atoms with Crippen molar-refractivity contribution in [2.45, 2.75) is 46.0 Å². The summed E-state index contributed by atoms with van der Waals surface area (Å²) in [5.74, 6) is 0. The molecule has 4 heteroatoms. The molecule has 2 atom stereocenters. The molecule has 17 heavy (non-hydrogen) atoms. The molecule has 1 aliphatic heterocycles. The van der Waals surface area contributed by atoms with Crippen molar-refractivity contribution in [3.63, 3.8) is 0 Å². The first kappa shape index (κ1) is 13.0. The van der Waals surface area contributed by atoms with Gasteiger partial charge in [0.25, 0.3) is 0 Å². The fourth-order valence-electron chi connectivity index (χ4n) is 2.26. The van der Waals surface area contributed by atoms with Crippen LogP contribution in [0, 0.1) is 6.92 Å². The summed E-state index contributed by atoms with van der Waals surface area (Å²) in [6.07, 6.45) is 0.346. The first-order valence-corrected chi connectivity index (χ1v) is 7.05. The number of rotatable bonds is 3. The number of nitrogens with zero attached hydrogens (tertiary/aromatic N) is 1. The molecule has 1 fully saturated rings. The van der Waals surface area contributed by atoms with E-state index in [0.717, 1.165) is 19.7 Å². The van der Waals surface area contributed by atoms with E-state index in [-0.39, 0.29) is 0 Å². The van der Waals surface area contributed by atoms with E-state index in [9.17, 15) is 0 Å². The monoisotopic (exact) mass is 254 g/mol. The lowest BCUT2D eigenvalue weighted by Crippen LogP contribution is -2.46. The highest BCUT2D eigenvalue weighted by atomic mass is 32.1. The molecule has 1 aromatic rings. The molecule has 1 aromatic heterocycles. The molecule has 2 heterocycles. The fourth-order valence-corrected chi connectivity index (χ4v) is 3.19. The molecule has 2 N–H and O–H groups in total. The molecule has 2 rings (SSSR count). The SMILES string of the molecule is Cc1sc(CN)cc1CN1CC(C)OCC1C. The van der Waals surface area contributed by atoms with Crippen LogP contribution >= 0.6 is 11.3 Å². The van der Waals surface area contributed by atoms with Crippen molar-refractivity contribution < 1.29 is 4.74 Å². The first-order valence-electron chi connectivity index (χ1n) is 6.24. The number of aryl methyl sites for hydroxylation is 1. The Kier molecular flexibility index (Phi) is 4.20. The number of hydrogen-bond donors (Lipinski definition) is 1. The van der Waals surface area contributed by atoms with Gasteiger partial charge >= 0.3 is 0 Å². The van der Waals surface area contributed by atoms with Crippen molar-refractivity contribution >= 4 is 11.3 Å². The third kappa shape index (κ3) is 3.07. The van der Waals surface area contributed by atoms with E-state index in [1.807, 2.05) is 11.3 Å². The van der Waals surface area contributed by atoms with Crippen LogP contribution in [0.15, 0.2) is 6.07 Å². The Hall–Kier alpha value is -0.420. The smallest absolute Gasteiger partial charge is 0.0674 e. The predicted molar refractivity (Wildman–Crippen MR) is 72.2 cm³/mol. The number of ether oxygens (including phenoxy) is 1. The van der Waals surface area contributed by atoms with Crippen molar-refractivity contribution in [1.29, 1.82) is 0 Å². The summed E-state index contributed by atoms with van der Waals surface area (Å²) < 4.78 is 5.66. The first-order chi connectivity index (χ1) is 8.10. The van der Waals surface area contributed by atoms with E-state index < -0.39 is 0 Å². The standard InChI is InChI=1S/C13H22N2OS/c1-9-8-16-10(2)6-15(9)7-12-4-13(5-14)17-11(12)3/h4,9-10H,5-8,14H2,1-3H3. The van der Waals surface area contributed by atoms with Gasteiger partial charge in [0, 0.05) is 35.4 Å². The van der Waals surface area contributed by atoms with Crippen LogP contribution in [-0.2, 0) is 17.8 Å². The maximum atomic E-state index is 5.69. The second-order valence-corrected chi connectivity index (χ2v) is 6.26. The minimum Gasteiger partial charge on any atom is -0.376 e. The molecule has 0 bridgehead atoms. The minimum atomic E-state index is 0.346. The molecule has 0 aromatic carbocycles. The van der Waals surface area contributed by atoms with E-state index in [0.29, 0.717) is 18.7 Å². The van der Waals surface area contributed by atoms with Crippen LogP contribution in [0.3, 0.4) is 0 Å². The molecule has 0 saturated carbocycles. The number of thiophene rings is 1. The highest BCUT2D eigenvalue weighted by molar-refractivity contribution is 7.12. The largest absolute Gasteiger partial charge is 0.376 e. The van der Waals surface area contributed by atoms with Gasteiger partial charge in [0.15, 0.2) is 0 Å². The summed E-state index contributed by atoms with van der Waals surface area (Å²) in [7, 11) is 0. The normalized spacial score (nSPS) is 26.4. The molecule has 0 amide bonds. The number of nitrogens with two attached hydrogens (primary N) is 1. The minimum absolute atomic E-state index is 0.346. The Bertz CT molecular complexity index is 377. The van der Waals surface area contributed by atoms with Crippen LogP contribution in [0.4, 0.5) is 0 Å². The Morgan fingerprint density at radius 1 is 1.53 bits per heavy atom. The summed E-state index contributed by atoms with van der Waals surface area (Å²) in [6, 6.07) is 2.76. The van der Waals surface area contributed by atoms with Gasteiger partial charge in [-0.25, -0.2) is 0 Å². The molecule has 0 spiro atoms. The van der Waals surface area contributed by atoms with Crippen molar-refractivity contribution in [2.75, 3.05) is 13.2 Å². The Morgan fingerprint density at radius 3 is 2.94 bits per heavy atom. The van der Waals surface area contributed by atoms with E-state index in [1.54, 1.807) is 0 Å². The van der Waals surface area contributed by atoms with Gasteiger partial charge < -0.3 is 10.5 Å². The van der Waals surface area contributed by atoms with Gasteiger partial charge in [-0.1, -0.05) is 0 Å². The third-order valence-corrected chi connectivity index (χ3v) is 4.50. The van der Waals surface area contributed by atoms with Crippen molar-refractivity contribution in [3.8, 4) is 0 Å². The maximum Gasteiger partial charge on any atom is 0.0674 e. The quantitative estimate of drug-likeness (QED) is 0.898. The van der Waals surface area contributed by atoms with Gasteiger partial charge in [0.1, 0.15) is 0 Å². The fraction of sp³-hybridized carbons (Fsp3) is 0.692. The molecular formula is C13H22N2OS. The maximum absolute atomic E-state index is 5.69. The van der Waals surface area contributed by atoms with Gasteiger partial charge in [0.2, 0.25) is 0 Å². The zero-order chi connectivity index (χ0) is 12.4. The average molecular weight is 254 g/mol. The third-order valence-electron chi connectivity index (χ3n) is 3.38. The topological polar surface area (TPSA) is 38.5 Å². The lowest BCUT2D eigenvalue weighted by atomic mass is 10.1. The van der Waals surface area contributed by atoms with Crippen molar-refractivity contribution in [3.05, 3.63) is 21.4 Å². The van der Waals surface area contributed by atoms with E-state index in [4.69, 9.17) is 10.5 Å². The molecule has 1 aliphatic rings. The van der Waals surface area contributed by atoms with Crippen LogP contribution in [0.2, 0.25) is 0 Å². The van der Waals surface area contributed by atoms with Crippen LogP contribution in [0.5, 0.6) is 0 Å². The number of morpholine rings is 1. The zero-order valence-electron chi connectivity index (χ0n) is 10.9. The summed E-state index contributed by atoms with van der Waals surface area (Å²) in [5.41, 5.74) is 7.12. The van der Waals surface area contributed by atoms with Crippen LogP contribution in [0.25, 0.3) is 0 Å². The van der Waals surface area contributed by atoms with Crippen LogP contribution in [-0.4, -0.2) is 30.2 Å². The van der Waals surface area contributed by atoms with Gasteiger partial charge in [-0.3, -0.25) is 4.90 Å². The lowest BCUT2D eigenvalue weighted by Gasteiger charge is -2.36. The molecule has 2 unspecified atom stereocenters. The molecular weight excluding hydrogens is 232 g/mol. The van der Waals surface area contributed by atoms with E-state index in [2.05, 4.69) is 31.7 Å². The Balaban J connectivity index is 2.05.